The van der Waals surface area contributed by atoms with E-state index in [0.717, 1.165) is 19.0 Å². The van der Waals surface area contributed by atoms with E-state index >= 15 is 0 Å². The molecule has 0 amide bonds. The number of nitrogens with one attached hydrogen (secondary N) is 1. The van der Waals surface area contributed by atoms with Gasteiger partial charge in [0.2, 0.25) is 0 Å². The third-order valence-electron chi connectivity index (χ3n) is 4.38. The van der Waals surface area contributed by atoms with Crippen molar-refractivity contribution in [2.75, 3.05) is 19.6 Å². The van der Waals surface area contributed by atoms with Crippen molar-refractivity contribution in [2.45, 2.75) is 65.0 Å². The number of hydrogen-bond acceptors (Lipinski definition) is 3. The average molecular weight is 270 g/mol. The van der Waals surface area contributed by atoms with Gasteiger partial charge in [-0.3, -0.25) is 4.79 Å². The van der Waals surface area contributed by atoms with Crippen molar-refractivity contribution in [3.05, 3.63) is 0 Å². The quantitative estimate of drug-likeness (QED) is 0.711. The third kappa shape index (κ3) is 4.46. The molecule has 0 aliphatic carbocycles. The number of rotatable bonds is 8. The molecule has 1 aliphatic rings. The van der Waals surface area contributed by atoms with Gasteiger partial charge in [0.05, 0.1) is 0 Å². The van der Waals surface area contributed by atoms with Crippen LogP contribution >= 0.6 is 0 Å². The smallest absolute Gasteiger partial charge is 0.323 e. The summed E-state index contributed by atoms with van der Waals surface area (Å²) in [6, 6.07) is 0.321. The largest absolute Gasteiger partial charge is 0.480 e. The highest BCUT2D eigenvalue weighted by atomic mass is 16.4. The van der Waals surface area contributed by atoms with E-state index in [1.54, 1.807) is 6.92 Å². The minimum absolute atomic E-state index is 0.321. The molecule has 19 heavy (non-hydrogen) atoms. The van der Waals surface area contributed by atoms with Crippen molar-refractivity contribution < 1.29 is 9.90 Å². The first-order valence-corrected chi connectivity index (χ1v) is 7.65. The number of nitrogens with zero attached hydrogens (tertiary/aromatic N) is 1. The Kier molecular flexibility index (Phi) is 6.27. The summed E-state index contributed by atoms with van der Waals surface area (Å²) in [6.45, 7) is 11.1. The molecule has 3 unspecified atom stereocenters. The van der Waals surface area contributed by atoms with Crippen LogP contribution in [0.25, 0.3) is 0 Å². The molecular formula is C15H30N2O2. The van der Waals surface area contributed by atoms with Crippen LogP contribution in [0.4, 0.5) is 0 Å². The van der Waals surface area contributed by atoms with Crippen LogP contribution in [0.15, 0.2) is 0 Å². The SMILES string of the molecule is CCCC1CCN(C(C)CC(C)(NCC)C(=O)O)C1. The molecule has 4 nitrogen and oxygen atoms in total. The number of aliphatic carboxylic acids is 1. The first-order chi connectivity index (χ1) is 8.92. The molecule has 1 fully saturated rings. The molecule has 112 valence electrons. The van der Waals surface area contributed by atoms with Gasteiger partial charge >= 0.3 is 5.97 Å². The fourth-order valence-electron chi connectivity index (χ4n) is 3.25. The van der Waals surface area contributed by atoms with Gasteiger partial charge in [-0.1, -0.05) is 20.3 Å². The zero-order chi connectivity index (χ0) is 14.5. The highest BCUT2D eigenvalue weighted by molar-refractivity contribution is 5.78. The summed E-state index contributed by atoms with van der Waals surface area (Å²) < 4.78 is 0. The Hall–Kier alpha value is -0.610. The summed E-state index contributed by atoms with van der Waals surface area (Å²) in [6.07, 6.45) is 4.47. The van der Waals surface area contributed by atoms with Gasteiger partial charge in [0, 0.05) is 12.6 Å². The lowest BCUT2D eigenvalue weighted by atomic mass is 9.93. The van der Waals surface area contributed by atoms with Crippen LogP contribution in [-0.4, -0.2) is 47.2 Å². The number of carboxylic acids is 1. The van der Waals surface area contributed by atoms with E-state index < -0.39 is 11.5 Å². The molecule has 0 aromatic rings. The van der Waals surface area contributed by atoms with E-state index in [9.17, 15) is 9.90 Å². The van der Waals surface area contributed by atoms with Crippen molar-refractivity contribution in [1.29, 1.82) is 0 Å². The third-order valence-corrected chi connectivity index (χ3v) is 4.38. The van der Waals surface area contributed by atoms with Crippen LogP contribution in [0.2, 0.25) is 0 Å². The van der Waals surface area contributed by atoms with Crippen molar-refractivity contribution >= 4 is 5.97 Å². The van der Waals surface area contributed by atoms with Gasteiger partial charge in [-0.2, -0.15) is 0 Å². The summed E-state index contributed by atoms with van der Waals surface area (Å²) in [5, 5.41) is 12.5. The Balaban J connectivity index is 2.54. The van der Waals surface area contributed by atoms with Crippen LogP contribution < -0.4 is 5.32 Å². The zero-order valence-corrected chi connectivity index (χ0v) is 12.9. The molecule has 3 atom stereocenters. The van der Waals surface area contributed by atoms with Gasteiger partial charge < -0.3 is 15.3 Å². The van der Waals surface area contributed by atoms with Gasteiger partial charge in [-0.15, -0.1) is 0 Å². The lowest BCUT2D eigenvalue weighted by molar-refractivity contribution is -0.145. The van der Waals surface area contributed by atoms with Crippen LogP contribution in [-0.2, 0) is 4.79 Å². The predicted octanol–water partition coefficient (Wildman–Crippen LogP) is 2.34. The predicted molar refractivity (Wildman–Crippen MR) is 78.4 cm³/mol. The average Bonchev–Trinajstić information content (AvgIpc) is 2.78. The van der Waals surface area contributed by atoms with Gasteiger partial charge in [0.1, 0.15) is 5.54 Å². The van der Waals surface area contributed by atoms with E-state index in [1.807, 2.05) is 6.92 Å². The first-order valence-electron chi connectivity index (χ1n) is 7.65. The number of carbonyl (C=O) groups is 1. The maximum Gasteiger partial charge on any atom is 0.323 e. The molecule has 0 saturated carbocycles. The van der Waals surface area contributed by atoms with E-state index in [2.05, 4.69) is 24.1 Å². The minimum Gasteiger partial charge on any atom is -0.480 e. The van der Waals surface area contributed by atoms with E-state index in [-0.39, 0.29) is 0 Å². The summed E-state index contributed by atoms with van der Waals surface area (Å²) in [7, 11) is 0. The lowest BCUT2D eigenvalue weighted by Crippen LogP contribution is -2.53. The molecule has 0 aromatic heterocycles. The minimum atomic E-state index is -0.809. The fraction of sp³-hybridized carbons (Fsp3) is 0.933. The highest BCUT2D eigenvalue weighted by Gasteiger charge is 2.36. The molecule has 0 bridgehead atoms. The van der Waals surface area contributed by atoms with E-state index in [1.165, 1.54) is 19.3 Å². The van der Waals surface area contributed by atoms with E-state index in [4.69, 9.17) is 0 Å². The Labute approximate surface area is 117 Å². The monoisotopic (exact) mass is 270 g/mol. The first kappa shape index (κ1) is 16.4. The maximum absolute atomic E-state index is 11.4. The molecule has 2 N–H and O–H groups in total. The molecule has 1 rings (SSSR count). The van der Waals surface area contributed by atoms with Gasteiger partial charge in [-0.25, -0.2) is 0 Å². The molecule has 0 spiro atoms. The van der Waals surface area contributed by atoms with Gasteiger partial charge in [0.25, 0.3) is 0 Å². The summed E-state index contributed by atoms with van der Waals surface area (Å²) in [5.41, 5.74) is -0.809. The standard InChI is InChI=1S/C15H30N2O2/c1-5-7-13-8-9-17(11-13)12(3)10-15(4,14(18)19)16-6-2/h12-13,16H,5-11H2,1-4H3,(H,18,19). The highest BCUT2D eigenvalue weighted by Crippen LogP contribution is 2.26. The van der Waals surface area contributed by atoms with Crippen LogP contribution in [0.1, 0.15) is 53.4 Å². The van der Waals surface area contributed by atoms with Crippen molar-refractivity contribution in [3.8, 4) is 0 Å². The molecular weight excluding hydrogens is 240 g/mol. The summed E-state index contributed by atoms with van der Waals surface area (Å²) >= 11 is 0. The second-order valence-electron chi connectivity index (χ2n) is 6.16. The fourth-order valence-corrected chi connectivity index (χ4v) is 3.25. The van der Waals surface area contributed by atoms with Crippen LogP contribution in [0, 0.1) is 5.92 Å². The Morgan fingerprint density at radius 2 is 2.21 bits per heavy atom. The van der Waals surface area contributed by atoms with Gasteiger partial charge in [-0.05, 0) is 52.1 Å². The normalized spacial score (nSPS) is 25.2. The lowest BCUT2D eigenvalue weighted by Gasteiger charge is -2.33. The van der Waals surface area contributed by atoms with Crippen molar-refractivity contribution in [3.63, 3.8) is 0 Å². The number of hydrogen-bond donors (Lipinski definition) is 2. The second-order valence-corrected chi connectivity index (χ2v) is 6.16. The van der Waals surface area contributed by atoms with Crippen molar-refractivity contribution in [2.24, 2.45) is 5.92 Å². The molecule has 1 saturated heterocycles. The topological polar surface area (TPSA) is 52.6 Å². The number of likely N-dealkylation sites (N-methyl/N-ethyl adjacent to an activating group) is 1. The molecule has 1 aliphatic heterocycles. The van der Waals surface area contributed by atoms with Gasteiger partial charge in [0.15, 0.2) is 0 Å². The molecule has 4 heteroatoms. The summed E-state index contributed by atoms with van der Waals surface area (Å²) in [5.74, 6) is 0.0631. The summed E-state index contributed by atoms with van der Waals surface area (Å²) in [4.78, 5) is 13.9. The Morgan fingerprint density at radius 3 is 2.74 bits per heavy atom. The van der Waals surface area contributed by atoms with Crippen LogP contribution in [0.5, 0.6) is 0 Å². The van der Waals surface area contributed by atoms with Crippen molar-refractivity contribution in [1.82, 2.24) is 10.2 Å². The Morgan fingerprint density at radius 1 is 1.53 bits per heavy atom. The number of carboxylic acid groups (broad SMARTS) is 1. The second kappa shape index (κ2) is 7.25. The Bertz CT molecular complexity index is 296. The molecule has 0 radical (unpaired) electrons. The van der Waals surface area contributed by atoms with Crippen LogP contribution in [0.3, 0.4) is 0 Å². The van der Waals surface area contributed by atoms with E-state index in [0.29, 0.717) is 19.0 Å². The number of likely N-dealkylation sites (tertiary alicyclic amines) is 1. The zero-order valence-electron chi connectivity index (χ0n) is 12.9. The maximum atomic E-state index is 11.4. The molecule has 0 aromatic carbocycles. The molecule has 1 heterocycles.